The zero-order chi connectivity index (χ0) is 9.84. The van der Waals surface area contributed by atoms with E-state index in [4.69, 9.17) is 4.74 Å². The van der Waals surface area contributed by atoms with Gasteiger partial charge in [-0.3, -0.25) is 4.98 Å². The first-order valence-corrected chi connectivity index (χ1v) is 3.78. The molecule has 1 rings (SSSR count). The number of ether oxygens (including phenoxy) is 2. The van der Waals surface area contributed by atoms with Gasteiger partial charge >= 0.3 is 5.97 Å². The van der Waals surface area contributed by atoms with E-state index in [-0.39, 0.29) is 0 Å². The Bertz CT molecular complexity index is 323. The fourth-order valence-electron chi connectivity index (χ4n) is 1.06. The number of hydrogen-bond donors (Lipinski definition) is 0. The van der Waals surface area contributed by atoms with Crippen LogP contribution in [0.3, 0.4) is 0 Å². The minimum atomic E-state index is -0.428. The minimum Gasteiger partial charge on any atom is -0.496 e. The molecule has 0 bridgehead atoms. The van der Waals surface area contributed by atoms with E-state index in [2.05, 4.69) is 9.72 Å². The van der Waals surface area contributed by atoms with Crippen molar-refractivity contribution in [2.45, 2.75) is 6.92 Å². The molecule has 0 unspecified atom stereocenters. The number of esters is 1. The number of nitrogens with zero attached hydrogens (tertiary/aromatic N) is 1. The summed E-state index contributed by atoms with van der Waals surface area (Å²) >= 11 is 0. The van der Waals surface area contributed by atoms with Gasteiger partial charge in [-0.2, -0.15) is 0 Å². The van der Waals surface area contributed by atoms with Gasteiger partial charge in [-0.15, -0.1) is 0 Å². The van der Waals surface area contributed by atoms with Gasteiger partial charge in [0, 0.05) is 6.20 Å². The van der Waals surface area contributed by atoms with Crippen molar-refractivity contribution in [2.75, 3.05) is 14.2 Å². The second-order valence-corrected chi connectivity index (χ2v) is 2.47. The van der Waals surface area contributed by atoms with Crippen LogP contribution in [0.1, 0.15) is 16.1 Å². The molecule has 4 heteroatoms. The maximum atomic E-state index is 11.3. The van der Waals surface area contributed by atoms with E-state index < -0.39 is 5.97 Å². The number of rotatable bonds is 2. The zero-order valence-corrected chi connectivity index (χ0v) is 7.83. The summed E-state index contributed by atoms with van der Waals surface area (Å²) in [5.74, 6) is 0.0572. The minimum absolute atomic E-state index is 0.382. The van der Waals surface area contributed by atoms with Crippen LogP contribution in [-0.4, -0.2) is 25.2 Å². The molecule has 4 nitrogen and oxygen atoms in total. The Kier molecular flexibility index (Phi) is 2.84. The Labute approximate surface area is 76.5 Å². The lowest BCUT2D eigenvalue weighted by Crippen LogP contribution is -2.07. The SMILES string of the molecule is COC(=O)c1c(OC)ccnc1C. The van der Waals surface area contributed by atoms with E-state index in [0.29, 0.717) is 17.0 Å². The average molecular weight is 181 g/mol. The maximum Gasteiger partial charge on any atom is 0.343 e. The van der Waals surface area contributed by atoms with Crippen LogP contribution in [0.15, 0.2) is 12.3 Å². The van der Waals surface area contributed by atoms with E-state index in [1.54, 1.807) is 19.2 Å². The van der Waals surface area contributed by atoms with Crippen molar-refractivity contribution in [1.82, 2.24) is 4.98 Å². The summed E-state index contributed by atoms with van der Waals surface area (Å²) in [6.07, 6.45) is 1.58. The predicted octanol–water partition coefficient (Wildman–Crippen LogP) is 1.19. The van der Waals surface area contributed by atoms with Gasteiger partial charge in [0.1, 0.15) is 11.3 Å². The molecular weight excluding hydrogens is 170 g/mol. The van der Waals surface area contributed by atoms with Gasteiger partial charge in [-0.05, 0) is 13.0 Å². The van der Waals surface area contributed by atoms with Crippen molar-refractivity contribution in [3.63, 3.8) is 0 Å². The van der Waals surface area contributed by atoms with Crippen LogP contribution in [0.4, 0.5) is 0 Å². The van der Waals surface area contributed by atoms with Gasteiger partial charge in [0.2, 0.25) is 0 Å². The highest BCUT2D eigenvalue weighted by atomic mass is 16.5. The van der Waals surface area contributed by atoms with Crippen LogP contribution in [0.5, 0.6) is 5.75 Å². The van der Waals surface area contributed by atoms with Crippen LogP contribution < -0.4 is 4.74 Å². The third kappa shape index (κ3) is 1.77. The molecule has 1 aromatic heterocycles. The molecular formula is C9H11NO3. The number of methoxy groups -OCH3 is 2. The summed E-state index contributed by atoms with van der Waals surface area (Å²) in [6.45, 7) is 1.73. The summed E-state index contributed by atoms with van der Waals surface area (Å²) in [5, 5.41) is 0. The Balaban J connectivity index is 3.22. The highest BCUT2D eigenvalue weighted by Gasteiger charge is 2.15. The maximum absolute atomic E-state index is 11.3. The van der Waals surface area contributed by atoms with E-state index in [9.17, 15) is 4.79 Å². The summed E-state index contributed by atoms with van der Waals surface area (Å²) in [4.78, 5) is 15.2. The molecule has 0 amide bonds. The number of carbonyl (C=O) groups is 1. The van der Waals surface area contributed by atoms with Crippen molar-refractivity contribution in [3.05, 3.63) is 23.5 Å². The molecule has 0 aliphatic heterocycles. The number of pyridine rings is 1. The van der Waals surface area contributed by atoms with E-state index in [1.807, 2.05) is 0 Å². The monoisotopic (exact) mass is 181 g/mol. The van der Waals surface area contributed by atoms with Crippen molar-refractivity contribution in [2.24, 2.45) is 0 Å². The molecule has 0 saturated heterocycles. The lowest BCUT2D eigenvalue weighted by molar-refractivity contribution is 0.0595. The molecule has 1 heterocycles. The third-order valence-corrected chi connectivity index (χ3v) is 1.71. The Morgan fingerprint density at radius 3 is 2.69 bits per heavy atom. The first-order valence-electron chi connectivity index (χ1n) is 3.78. The summed E-state index contributed by atoms with van der Waals surface area (Å²) in [5.41, 5.74) is 0.985. The largest absolute Gasteiger partial charge is 0.496 e. The Morgan fingerprint density at radius 1 is 1.46 bits per heavy atom. The van der Waals surface area contributed by atoms with E-state index in [0.717, 1.165) is 0 Å². The molecule has 70 valence electrons. The molecule has 0 fully saturated rings. The molecule has 0 aromatic carbocycles. The molecule has 0 radical (unpaired) electrons. The molecule has 0 atom stereocenters. The fraction of sp³-hybridized carbons (Fsp3) is 0.333. The number of hydrogen-bond acceptors (Lipinski definition) is 4. The van der Waals surface area contributed by atoms with Crippen molar-refractivity contribution < 1.29 is 14.3 Å². The molecule has 0 spiro atoms. The van der Waals surface area contributed by atoms with Crippen molar-refractivity contribution in [3.8, 4) is 5.75 Å². The first-order chi connectivity index (χ1) is 6.20. The lowest BCUT2D eigenvalue weighted by Gasteiger charge is -2.07. The average Bonchev–Trinajstić information content (AvgIpc) is 2.16. The second-order valence-electron chi connectivity index (χ2n) is 2.47. The van der Waals surface area contributed by atoms with Crippen LogP contribution in [0.2, 0.25) is 0 Å². The van der Waals surface area contributed by atoms with Gasteiger partial charge in [0.05, 0.1) is 19.9 Å². The predicted molar refractivity (Wildman–Crippen MR) is 46.9 cm³/mol. The lowest BCUT2D eigenvalue weighted by atomic mass is 10.2. The Morgan fingerprint density at radius 2 is 2.15 bits per heavy atom. The summed E-state index contributed by atoms with van der Waals surface area (Å²) < 4.78 is 9.61. The van der Waals surface area contributed by atoms with Crippen LogP contribution >= 0.6 is 0 Å². The zero-order valence-electron chi connectivity index (χ0n) is 7.83. The van der Waals surface area contributed by atoms with Crippen molar-refractivity contribution >= 4 is 5.97 Å². The van der Waals surface area contributed by atoms with Crippen LogP contribution in [0.25, 0.3) is 0 Å². The van der Waals surface area contributed by atoms with Crippen LogP contribution in [0, 0.1) is 6.92 Å². The summed E-state index contributed by atoms with van der Waals surface area (Å²) in [7, 11) is 2.83. The highest BCUT2D eigenvalue weighted by Crippen LogP contribution is 2.20. The van der Waals surface area contributed by atoms with Gasteiger partial charge in [-0.25, -0.2) is 4.79 Å². The molecule has 0 saturated carbocycles. The second kappa shape index (κ2) is 3.89. The molecule has 0 N–H and O–H groups in total. The van der Waals surface area contributed by atoms with Gasteiger partial charge in [0.25, 0.3) is 0 Å². The van der Waals surface area contributed by atoms with Gasteiger partial charge in [0.15, 0.2) is 0 Å². The molecule has 0 aliphatic rings. The first kappa shape index (κ1) is 9.51. The summed E-state index contributed by atoms with van der Waals surface area (Å²) in [6, 6.07) is 1.62. The number of aryl methyl sites for hydroxylation is 1. The Hall–Kier alpha value is -1.58. The standard InChI is InChI=1S/C9H11NO3/c1-6-8(9(11)13-3)7(12-2)4-5-10-6/h4-5H,1-3H3. The van der Waals surface area contributed by atoms with Gasteiger partial charge < -0.3 is 9.47 Å². The smallest absolute Gasteiger partial charge is 0.343 e. The quantitative estimate of drug-likeness (QED) is 0.643. The van der Waals surface area contributed by atoms with E-state index in [1.165, 1.54) is 14.2 Å². The van der Waals surface area contributed by atoms with Crippen molar-refractivity contribution in [1.29, 1.82) is 0 Å². The van der Waals surface area contributed by atoms with Crippen LogP contribution in [-0.2, 0) is 4.74 Å². The van der Waals surface area contributed by atoms with E-state index >= 15 is 0 Å². The topological polar surface area (TPSA) is 48.4 Å². The molecule has 13 heavy (non-hydrogen) atoms. The van der Waals surface area contributed by atoms with Gasteiger partial charge in [-0.1, -0.05) is 0 Å². The molecule has 0 aliphatic carbocycles. The number of carbonyl (C=O) groups excluding carboxylic acids is 1. The molecule has 1 aromatic rings. The normalized spacial score (nSPS) is 9.46. The number of aromatic nitrogens is 1. The third-order valence-electron chi connectivity index (χ3n) is 1.71. The highest BCUT2D eigenvalue weighted by molar-refractivity contribution is 5.93. The fourth-order valence-corrected chi connectivity index (χ4v) is 1.06.